The molecule has 1 amide bonds. The van der Waals surface area contributed by atoms with Gasteiger partial charge in [-0.2, -0.15) is 8.42 Å². The number of carbonyl (C=O) groups excluding carboxylic acids is 1. The first-order valence-electron chi connectivity index (χ1n) is 28.3. The normalized spacial score (nSPS) is 20.4. The first kappa shape index (κ1) is 66.8. The Hall–Kier alpha value is -2.24. The maximum atomic E-state index is 13.1. The molecule has 1 aliphatic rings. The van der Waals surface area contributed by atoms with Gasteiger partial charge >= 0.3 is 10.4 Å². The van der Waals surface area contributed by atoms with Crippen LogP contribution in [0.3, 0.4) is 0 Å². The van der Waals surface area contributed by atoms with E-state index in [0.29, 0.717) is 12.8 Å². The molecule has 0 radical (unpaired) electrons. The second-order valence-electron chi connectivity index (χ2n) is 19.6. The summed E-state index contributed by atoms with van der Waals surface area (Å²) in [7, 11) is -5.13. The number of hydrogen-bond acceptors (Lipinski definition) is 11. The molecule has 1 saturated heterocycles. The second-order valence-corrected chi connectivity index (χ2v) is 20.7. The number of nitrogens with one attached hydrogen (secondary N) is 1. The van der Waals surface area contributed by atoms with Crippen molar-refractivity contribution in [2.75, 3.05) is 13.2 Å². The predicted molar refractivity (Wildman–Crippen MR) is 288 cm³/mol. The quantitative estimate of drug-likeness (QED) is 0.0172. The number of allylic oxidation sites excluding steroid dienone is 9. The number of amides is 1. The van der Waals surface area contributed by atoms with Crippen molar-refractivity contribution in [2.45, 2.75) is 281 Å². The molecule has 7 N–H and O–H groups in total. The van der Waals surface area contributed by atoms with E-state index >= 15 is 0 Å². The molecule has 71 heavy (non-hydrogen) atoms. The summed E-state index contributed by atoms with van der Waals surface area (Å²) in [5, 5.41) is 55.2. The SMILES string of the molecule is CC/C=C/CC/C=C/CC/C=C/C(O)C(COC1OC(CO)C(O)C(OS(=O)(=O)O)C1O)NC(=O)C(O)CCCCCCCCCCCCCCCCCC/C=C\C/C=C\CCCCCCCCCCC. The summed E-state index contributed by atoms with van der Waals surface area (Å²) in [6.07, 6.45) is 49.3. The number of hydrogen-bond donors (Lipinski definition) is 7. The van der Waals surface area contributed by atoms with E-state index in [1.807, 2.05) is 0 Å². The molecule has 0 aromatic carbocycles. The van der Waals surface area contributed by atoms with Crippen LogP contribution in [0.15, 0.2) is 60.8 Å². The van der Waals surface area contributed by atoms with Crippen LogP contribution >= 0.6 is 0 Å². The minimum absolute atomic E-state index is 0.232. The summed E-state index contributed by atoms with van der Waals surface area (Å²) in [6, 6.07) is -1.14. The molecular weight excluding hydrogens is 923 g/mol. The third kappa shape index (κ3) is 38.0. The number of aliphatic hydroxyl groups excluding tert-OH is 5. The van der Waals surface area contributed by atoms with E-state index in [1.54, 1.807) is 6.08 Å². The maximum Gasteiger partial charge on any atom is 0.397 e. The molecule has 0 aliphatic carbocycles. The van der Waals surface area contributed by atoms with E-state index in [2.05, 4.69) is 72.0 Å². The van der Waals surface area contributed by atoms with Crippen molar-refractivity contribution < 1.29 is 57.0 Å². The Labute approximate surface area is 432 Å². The molecule has 14 heteroatoms. The highest BCUT2D eigenvalue weighted by molar-refractivity contribution is 7.80. The maximum absolute atomic E-state index is 13.1. The van der Waals surface area contributed by atoms with E-state index in [1.165, 1.54) is 154 Å². The fraction of sp³-hybridized carbons (Fsp3) is 0.807. The summed E-state index contributed by atoms with van der Waals surface area (Å²) in [5.41, 5.74) is 0. The van der Waals surface area contributed by atoms with Gasteiger partial charge in [0.15, 0.2) is 6.29 Å². The Balaban J connectivity index is 2.26. The molecule has 1 heterocycles. The van der Waals surface area contributed by atoms with Crippen LogP contribution in [0.25, 0.3) is 0 Å². The Morgan fingerprint density at radius 1 is 0.592 bits per heavy atom. The molecule has 1 rings (SSSR count). The molecule has 0 spiro atoms. The second kappa shape index (κ2) is 46.3. The molecule has 414 valence electrons. The van der Waals surface area contributed by atoms with Crippen molar-refractivity contribution in [3.63, 3.8) is 0 Å². The monoisotopic (exact) mass is 1030 g/mol. The highest BCUT2D eigenvalue weighted by atomic mass is 32.3. The van der Waals surface area contributed by atoms with E-state index < -0.39 is 78.5 Å². The lowest BCUT2D eigenvalue weighted by Crippen LogP contribution is -2.61. The molecular formula is C57H103NO12S. The highest BCUT2D eigenvalue weighted by Crippen LogP contribution is 2.26. The lowest BCUT2D eigenvalue weighted by molar-refractivity contribution is -0.298. The molecule has 0 saturated carbocycles. The number of carbonyl (C=O) groups is 1. The Kier molecular flexibility index (Phi) is 43.5. The van der Waals surface area contributed by atoms with Crippen LogP contribution in [-0.2, 0) is 28.9 Å². The van der Waals surface area contributed by atoms with Crippen molar-refractivity contribution in [2.24, 2.45) is 0 Å². The Morgan fingerprint density at radius 3 is 1.49 bits per heavy atom. The van der Waals surface area contributed by atoms with Gasteiger partial charge in [-0.15, -0.1) is 0 Å². The van der Waals surface area contributed by atoms with Gasteiger partial charge in [0, 0.05) is 0 Å². The van der Waals surface area contributed by atoms with Gasteiger partial charge < -0.3 is 40.3 Å². The predicted octanol–water partition coefficient (Wildman–Crippen LogP) is 11.9. The molecule has 8 atom stereocenters. The molecule has 0 bridgehead atoms. The van der Waals surface area contributed by atoms with Crippen molar-refractivity contribution >= 4 is 16.3 Å². The zero-order valence-electron chi connectivity index (χ0n) is 44.4. The molecule has 1 aliphatic heterocycles. The van der Waals surface area contributed by atoms with Crippen LogP contribution in [0.2, 0.25) is 0 Å². The third-order valence-corrected chi connectivity index (χ3v) is 13.6. The average molecular weight is 1030 g/mol. The first-order valence-corrected chi connectivity index (χ1v) is 29.6. The average Bonchev–Trinajstić information content (AvgIpc) is 3.35. The van der Waals surface area contributed by atoms with Gasteiger partial charge in [0.2, 0.25) is 5.91 Å². The first-order chi connectivity index (χ1) is 34.4. The summed E-state index contributed by atoms with van der Waals surface area (Å²) < 4.78 is 47.5. The number of ether oxygens (including phenoxy) is 2. The highest BCUT2D eigenvalue weighted by Gasteiger charge is 2.48. The van der Waals surface area contributed by atoms with Gasteiger partial charge in [0.25, 0.3) is 0 Å². The summed E-state index contributed by atoms with van der Waals surface area (Å²) in [6.45, 7) is 3.07. The zero-order chi connectivity index (χ0) is 52.1. The van der Waals surface area contributed by atoms with Crippen LogP contribution in [0.4, 0.5) is 0 Å². The number of aliphatic hydroxyl groups is 5. The Morgan fingerprint density at radius 2 is 1.03 bits per heavy atom. The van der Waals surface area contributed by atoms with Gasteiger partial charge in [-0.3, -0.25) is 9.35 Å². The van der Waals surface area contributed by atoms with E-state index in [0.717, 1.165) is 51.4 Å². The van der Waals surface area contributed by atoms with Crippen LogP contribution in [0.1, 0.15) is 232 Å². The Bertz CT molecular complexity index is 1500. The van der Waals surface area contributed by atoms with Gasteiger partial charge in [0.05, 0.1) is 25.4 Å². The topological polar surface area (TPSA) is 212 Å². The lowest BCUT2D eigenvalue weighted by Gasteiger charge is -2.41. The number of unbranched alkanes of at least 4 members (excludes halogenated alkanes) is 27. The van der Waals surface area contributed by atoms with Crippen LogP contribution in [0.5, 0.6) is 0 Å². The standard InChI is InChI=1S/C57H103NO12S/c1-3-5-7-9-11-13-15-16-17-18-19-20-21-22-23-24-25-26-27-28-29-30-31-32-33-34-35-36-38-40-42-44-46-51(61)56(64)58-49(50(60)45-43-41-39-37-14-12-10-8-6-4-2)48-68-57-54(63)55(70-71(65,66)67)53(62)52(47-59)69-57/h6,8,14,19-20,22-23,37,43,45,49-55,57,59-63H,3-5,7,9-13,15-18,21,24-36,38-42,44,46-48H2,1-2H3,(H,58,64)(H,65,66,67)/b8-6+,20-19-,23-22-,37-14+,45-43+. The van der Waals surface area contributed by atoms with Crippen LogP contribution in [-0.4, -0.2) is 107 Å². The van der Waals surface area contributed by atoms with E-state index in [-0.39, 0.29) is 6.42 Å². The molecule has 1 fully saturated rings. The molecule has 13 nitrogen and oxygen atoms in total. The smallest absolute Gasteiger partial charge is 0.394 e. The fourth-order valence-electron chi connectivity index (χ4n) is 8.71. The molecule has 8 unspecified atom stereocenters. The van der Waals surface area contributed by atoms with Gasteiger partial charge in [-0.1, -0.05) is 222 Å². The fourth-order valence-corrected chi connectivity index (χ4v) is 9.22. The van der Waals surface area contributed by atoms with Crippen molar-refractivity contribution in [3.05, 3.63) is 60.8 Å². The summed E-state index contributed by atoms with van der Waals surface area (Å²) >= 11 is 0. The minimum Gasteiger partial charge on any atom is -0.394 e. The van der Waals surface area contributed by atoms with E-state index in [4.69, 9.17) is 9.47 Å². The zero-order valence-corrected chi connectivity index (χ0v) is 45.2. The molecule has 0 aromatic heterocycles. The lowest BCUT2D eigenvalue weighted by atomic mass is 9.99. The van der Waals surface area contributed by atoms with Crippen LogP contribution < -0.4 is 5.32 Å². The summed E-state index contributed by atoms with van der Waals surface area (Å²) in [4.78, 5) is 13.1. The van der Waals surface area contributed by atoms with Crippen LogP contribution in [0, 0.1) is 0 Å². The van der Waals surface area contributed by atoms with Crippen molar-refractivity contribution in [1.29, 1.82) is 0 Å². The number of rotatable bonds is 48. The van der Waals surface area contributed by atoms with Gasteiger partial charge in [-0.25, -0.2) is 4.18 Å². The largest absolute Gasteiger partial charge is 0.397 e. The van der Waals surface area contributed by atoms with Gasteiger partial charge in [0.1, 0.15) is 30.5 Å². The third-order valence-electron chi connectivity index (χ3n) is 13.1. The van der Waals surface area contributed by atoms with Crippen molar-refractivity contribution in [3.8, 4) is 0 Å². The van der Waals surface area contributed by atoms with E-state index in [9.17, 15) is 43.3 Å². The van der Waals surface area contributed by atoms with Crippen molar-refractivity contribution in [1.82, 2.24) is 5.32 Å². The summed E-state index contributed by atoms with van der Waals surface area (Å²) in [5.74, 6) is -0.718. The minimum atomic E-state index is -5.13. The van der Waals surface area contributed by atoms with Gasteiger partial charge in [-0.05, 0) is 70.6 Å². The molecule has 0 aromatic rings.